The van der Waals surface area contributed by atoms with E-state index in [9.17, 15) is 0 Å². The lowest BCUT2D eigenvalue weighted by Gasteiger charge is -2.13. The van der Waals surface area contributed by atoms with Crippen LogP contribution in [-0.4, -0.2) is 10.2 Å². The first-order valence-corrected chi connectivity index (χ1v) is 6.87. The van der Waals surface area contributed by atoms with Crippen LogP contribution in [0.1, 0.15) is 17.8 Å². The third-order valence-corrected chi connectivity index (χ3v) is 3.90. The van der Waals surface area contributed by atoms with Gasteiger partial charge in [-0.25, -0.2) is 0 Å². The van der Waals surface area contributed by atoms with Crippen LogP contribution in [0.5, 0.6) is 0 Å². The number of hydrogen-bond donors (Lipinski definition) is 1. The molecule has 0 spiro atoms. The Morgan fingerprint density at radius 1 is 1.21 bits per heavy atom. The van der Waals surface area contributed by atoms with Crippen LogP contribution >= 0.6 is 11.3 Å². The lowest BCUT2D eigenvalue weighted by Crippen LogP contribution is -2.04. The van der Waals surface area contributed by atoms with Gasteiger partial charge in [0.1, 0.15) is 0 Å². The summed E-state index contributed by atoms with van der Waals surface area (Å²) in [5.74, 6) is 0.540. The van der Waals surface area contributed by atoms with Gasteiger partial charge in [0.2, 0.25) is 12.3 Å². The van der Waals surface area contributed by atoms with Gasteiger partial charge in [-0.15, -0.1) is 21.5 Å². The molecule has 0 fully saturated rings. The molecular formula is C14H13N3OS. The zero-order chi connectivity index (χ0) is 13.1. The van der Waals surface area contributed by atoms with Gasteiger partial charge in [-0.1, -0.05) is 6.07 Å². The predicted octanol–water partition coefficient (Wildman–Crippen LogP) is 3.97. The minimum Gasteiger partial charge on any atom is -0.423 e. The fourth-order valence-electron chi connectivity index (χ4n) is 1.87. The van der Waals surface area contributed by atoms with E-state index >= 15 is 0 Å². The van der Waals surface area contributed by atoms with Gasteiger partial charge < -0.3 is 9.73 Å². The highest BCUT2D eigenvalue weighted by molar-refractivity contribution is 7.10. The summed E-state index contributed by atoms with van der Waals surface area (Å²) < 4.78 is 5.16. The van der Waals surface area contributed by atoms with E-state index in [1.54, 1.807) is 11.3 Å². The number of hydrogen-bond acceptors (Lipinski definition) is 5. The summed E-state index contributed by atoms with van der Waals surface area (Å²) in [4.78, 5) is 1.32. The third kappa shape index (κ3) is 2.66. The van der Waals surface area contributed by atoms with Crippen LogP contribution in [0.15, 0.2) is 52.6 Å². The minimum absolute atomic E-state index is 0.300. The van der Waals surface area contributed by atoms with Crippen molar-refractivity contribution in [2.24, 2.45) is 0 Å². The molecule has 2 heterocycles. The summed E-state index contributed by atoms with van der Waals surface area (Å²) in [7, 11) is 0. The zero-order valence-corrected chi connectivity index (χ0v) is 11.2. The quantitative estimate of drug-likeness (QED) is 0.780. The number of anilines is 1. The number of benzene rings is 1. The summed E-state index contributed by atoms with van der Waals surface area (Å²) in [5, 5.41) is 13.1. The van der Waals surface area contributed by atoms with Crippen molar-refractivity contribution < 1.29 is 4.42 Å². The Labute approximate surface area is 115 Å². The Kier molecular flexibility index (Phi) is 3.29. The van der Waals surface area contributed by atoms with E-state index in [2.05, 4.69) is 40.0 Å². The van der Waals surface area contributed by atoms with E-state index in [0.717, 1.165) is 11.3 Å². The number of nitrogens with one attached hydrogen (secondary N) is 1. The molecule has 2 aromatic heterocycles. The van der Waals surface area contributed by atoms with Gasteiger partial charge >= 0.3 is 0 Å². The number of thiophene rings is 1. The number of rotatable bonds is 4. The molecule has 3 rings (SSSR count). The van der Waals surface area contributed by atoms with Crippen LogP contribution < -0.4 is 5.32 Å². The lowest BCUT2D eigenvalue weighted by atomic mass is 10.2. The first kappa shape index (κ1) is 11.9. The molecule has 1 aromatic carbocycles. The van der Waals surface area contributed by atoms with Crippen LogP contribution in [0.4, 0.5) is 5.69 Å². The second-order valence-electron chi connectivity index (χ2n) is 4.20. The molecule has 0 aliphatic heterocycles. The molecule has 0 amide bonds. The Balaban J connectivity index is 1.73. The highest BCUT2D eigenvalue weighted by Crippen LogP contribution is 2.24. The monoisotopic (exact) mass is 271 g/mol. The van der Waals surface area contributed by atoms with E-state index in [1.807, 2.05) is 24.3 Å². The Morgan fingerprint density at radius 2 is 2.05 bits per heavy atom. The van der Waals surface area contributed by atoms with Gasteiger partial charge in [-0.3, -0.25) is 0 Å². The number of aromatic nitrogens is 2. The average Bonchev–Trinajstić information content (AvgIpc) is 3.13. The molecule has 0 radical (unpaired) electrons. The molecule has 0 bridgehead atoms. The van der Waals surface area contributed by atoms with E-state index in [-0.39, 0.29) is 0 Å². The minimum atomic E-state index is 0.300. The summed E-state index contributed by atoms with van der Waals surface area (Å²) in [6.07, 6.45) is 1.33. The van der Waals surface area contributed by atoms with Crippen molar-refractivity contribution in [3.8, 4) is 11.5 Å². The Morgan fingerprint density at radius 3 is 2.68 bits per heavy atom. The first-order chi connectivity index (χ1) is 9.33. The smallest absolute Gasteiger partial charge is 0.247 e. The van der Waals surface area contributed by atoms with Crippen molar-refractivity contribution in [3.05, 3.63) is 53.0 Å². The molecular weight excluding hydrogens is 258 g/mol. The van der Waals surface area contributed by atoms with Crippen molar-refractivity contribution in [2.45, 2.75) is 13.0 Å². The first-order valence-electron chi connectivity index (χ1n) is 5.99. The standard InChI is InChI=1S/C14H13N3OS/c1-10(13-3-2-8-19-13)16-12-6-4-11(5-7-12)14-17-15-9-18-14/h2-10,16H,1H3. The van der Waals surface area contributed by atoms with E-state index < -0.39 is 0 Å². The summed E-state index contributed by atoms with van der Waals surface area (Å²) in [6, 6.07) is 12.5. The maximum Gasteiger partial charge on any atom is 0.247 e. The van der Waals surface area contributed by atoms with Gasteiger partial charge in [0, 0.05) is 16.1 Å². The number of nitrogens with zero attached hydrogens (tertiary/aromatic N) is 2. The lowest BCUT2D eigenvalue weighted by molar-refractivity contribution is 0.568. The normalized spacial score (nSPS) is 12.3. The molecule has 1 atom stereocenters. The molecule has 5 heteroatoms. The molecule has 0 saturated carbocycles. The SMILES string of the molecule is CC(Nc1ccc(-c2nnco2)cc1)c1cccs1. The van der Waals surface area contributed by atoms with Crippen LogP contribution in [0, 0.1) is 0 Å². The second-order valence-corrected chi connectivity index (χ2v) is 5.18. The van der Waals surface area contributed by atoms with Gasteiger partial charge in [-0.2, -0.15) is 0 Å². The average molecular weight is 271 g/mol. The second kappa shape index (κ2) is 5.24. The Hall–Kier alpha value is -2.14. The highest BCUT2D eigenvalue weighted by atomic mass is 32.1. The molecule has 3 aromatic rings. The molecule has 4 nitrogen and oxygen atoms in total. The van der Waals surface area contributed by atoms with Crippen molar-refractivity contribution in [1.29, 1.82) is 0 Å². The van der Waals surface area contributed by atoms with Crippen LogP contribution in [0.25, 0.3) is 11.5 Å². The molecule has 19 heavy (non-hydrogen) atoms. The van der Waals surface area contributed by atoms with E-state index in [1.165, 1.54) is 11.3 Å². The van der Waals surface area contributed by atoms with Gasteiger partial charge in [0.25, 0.3) is 0 Å². The topological polar surface area (TPSA) is 51.0 Å². The van der Waals surface area contributed by atoms with Crippen molar-refractivity contribution in [3.63, 3.8) is 0 Å². The third-order valence-electron chi connectivity index (χ3n) is 2.85. The predicted molar refractivity (Wildman–Crippen MR) is 76.1 cm³/mol. The molecule has 1 N–H and O–H groups in total. The molecule has 0 saturated heterocycles. The molecule has 1 unspecified atom stereocenters. The summed E-state index contributed by atoms with van der Waals surface area (Å²) >= 11 is 1.76. The van der Waals surface area contributed by atoms with E-state index in [4.69, 9.17) is 4.42 Å². The van der Waals surface area contributed by atoms with Crippen LogP contribution in [0.3, 0.4) is 0 Å². The molecule has 0 aliphatic carbocycles. The van der Waals surface area contributed by atoms with E-state index in [0.29, 0.717) is 11.9 Å². The highest BCUT2D eigenvalue weighted by Gasteiger charge is 2.07. The summed E-state index contributed by atoms with van der Waals surface area (Å²) in [6.45, 7) is 2.15. The van der Waals surface area contributed by atoms with Crippen LogP contribution in [-0.2, 0) is 0 Å². The molecule has 96 valence electrons. The van der Waals surface area contributed by atoms with Crippen molar-refractivity contribution in [1.82, 2.24) is 10.2 Å². The maximum absolute atomic E-state index is 5.16. The zero-order valence-electron chi connectivity index (χ0n) is 10.4. The fourth-order valence-corrected chi connectivity index (χ4v) is 2.60. The Bertz CT molecular complexity index is 617. The fraction of sp³-hybridized carbons (Fsp3) is 0.143. The maximum atomic E-state index is 5.16. The van der Waals surface area contributed by atoms with Gasteiger partial charge in [-0.05, 0) is 42.6 Å². The molecule has 0 aliphatic rings. The summed E-state index contributed by atoms with van der Waals surface area (Å²) in [5.41, 5.74) is 2.00. The van der Waals surface area contributed by atoms with Gasteiger partial charge in [0.05, 0.1) is 6.04 Å². The largest absolute Gasteiger partial charge is 0.423 e. The van der Waals surface area contributed by atoms with Crippen molar-refractivity contribution >= 4 is 17.0 Å². The van der Waals surface area contributed by atoms with Crippen LogP contribution in [0.2, 0.25) is 0 Å². The van der Waals surface area contributed by atoms with Gasteiger partial charge in [0.15, 0.2) is 0 Å². The van der Waals surface area contributed by atoms with Crippen molar-refractivity contribution in [2.75, 3.05) is 5.32 Å².